The van der Waals surface area contributed by atoms with Gasteiger partial charge in [0.25, 0.3) is 5.91 Å². The molecule has 1 aliphatic heterocycles. The standard InChI is InChI=1S/C26H44N4O5/c1-7-16(6)20(29-24(33)15(4)5)26(35)30-11-10-18(12-14(2)3)21(30)25(34)28-19(13-17-8-9-17)22(31)23(27)32/h14-21H,7-13H2,1-6H3,(H2,27,32)(H,28,34)(H,29,33)/t16-,18-,19?,20?,21+/m1/s1. The Kier molecular flexibility index (Phi) is 10.3. The Bertz CT molecular complexity index is 808. The predicted octanol–water partition coefficient (Wildman–Crippen LogP) is 1.78. The van der Waals surface area contributed by atoms with Gasteiger partial charge in [0.1, 0.15) is 12.1 Å². The van der Waals surface area contributed by atoms with E-state index in [1.165, 1.54) is 0 Å². The van der Waals surface area contributed by atoms with Crippen molar-refractivity contribution < 1.29 is 24.0 Å². The molecule has 0 aromatic carbocycles. The van der Waals surface area contributed by atoms with Crippen molar-refractivity contribution in [1.82, 2.24) is 15.5 Å². The van der Waals surface area contributed by atoms with Crippen molar-refractivity contribution in [2.45, 2.75) is 98.2 Å². The highest BCUT2D eigenvalue weighted by molar-refractivity contribution is 6.37. The van der Waals surface area contributed by atoms with Gasteiger partial charge in [0.15, 0.2) is 0 Å². The van der Waals surface area contributed by atoms with E-state index in [1.54, 1.807) is 18.7 Å². The van der Waals surface area contributed by atoms with Gasteiger partial charge in [0, 0.05) is 12.5 Å². The number of Topliss-reactive ketones (excluding diaryl/α,β-unsaturated/α-hetero) is 1. The minimum absolute atomic E-state index is 0.0809. The number of likely N-dealkylation sites (tertiary alicyclic amines) is 1. The lowest BCUT2D eigenvalue weighted by atomic mass is 9.89. The molecule has 198 valence electrons. The van der Waals surface area contributed by atoms with Gasteiger partial charge in [-0.15, -0.1) is 0 Å². The number of primary amides is 1. The van der Waals surface area contributed by atoms with Crippen LogP contribution < -0.4 is 16.4 Å². The highest BCUT2D eigenvalue weighted by Gasteiger charge is 2.46. The molecule has 1 saturated carbocycles. The van der Waals surface area contributed by atoms with Crippen molar-refractivity contribution in [3.8, 4) is 0 Å². The molecule has 0 bridgehead atoms. The molecular weight excluding hydrogens is 448 g/mol. The smallest absolute Gasteiger partial charge is 0.287 e. The topological polar surface area (TPSA) is 139 Å². The molecule has 4 N–H and O–H groups in total. The van der Waals surface area contributed by atoms with Crippen molar-refractivity contribution in [3.05, 3.63) is 0 Å². The van der Waals surface area contributed by atoms with Gasteiger partial charge in [-0.2, -0.15) is 0 Å². The average Bonchev–Trinajstić information content (AvgIpc) is 3.51. The number of ketones is 1. The molecule has 2 fully saturated rings. The van der Waals surface area contributed by atoms with Gasteiger partial charge in [0.05, 0.1) is 6.04 Å². The molecule has 35 heavy (non-hydrogen) atoms. The molecular formula is C26H44N4O5. The first-order valence-electron chi connectivity index (χ1n) is 13.1. The molecule has 2 unspecified atom stereocenters. The lowest BCUT2D eigenvalue weighted by Gasteiger charge is -2.34. The quantitative estimate of drug-likeness (QED) is 0.336. The summed E-state index contributed by atoms with van der Waals surface area (Å²) in [7, 11) is 0. The molecule has 9 nitrogen and oxygen atoms in total. The maximum atomic E-state index is 13.8. The summed E-state index contributed by atoms with van der Waals surface area (Å²) in [6, 6.07) is -2.48. The molecule has 4 amide bonds. The van der Waals surface area contributed by atoms with Crippen LogP contribution >= 0.6 is 0 Å². The maximum Gasteiger partial charge on any atom is 0.287 e. The minimum Gasteiger partial charge on any atom is -0.363 e. The number of carbonyl (C=O) groups excluding carboxylic acids is 5. The first-order chi connectivity index (χ1) is 16.4. The second-order valence-corrected chi connectivity index (χ2v) is 11.2. The van der Waals surface area contributed by atoms with E-state index in [0.29, 0.717) is 31.7 Å². The van der Waals surface area contributed by atoms with Crippen LogP contribution in [0.25, 0.3) is 0 Å². The Morgan fingerprint density at radius 2 is 1.57 bits per heavy atom. The van der Waals surface area contributed by atoms with Crippen LogP contribution in [0.2, 0.25) is 0 Å². The number of carbonyl (C=O) groups is 5. The average molecular weight is 493 g/mol. The Morgan fingerprint density at radius 3 is 2.06 bits per heavy atom. The van der Waals surface area contributed by atoms with E-state index < -0.39 is 35.7 Å². The molecule has 5 atom stereocenters. The molecule has 2 aliphatic rings. The Balaban J connectivity index is 2.31. The number of hydrogen-bond acceptors (Lipinski definition) is 5. The molecule has 0 aromatic heterocycles. The van der Waals surface area contributed by atoms with Crippen LogP contribution in [0.5, 0.6) is 0 Å². The van der Waals surface area contributed by atoms with Gasteiger partial charge in [-0.05, 0) is 42.9 Å². The first-order valence-corrected chi connectivity index (χ1v) is 13.1. The third-order valence-corrected chi connectivity index (χ3v) is 7.29. The molecule has 1 saturated heterocycles. The van der Waals surface area contributed by atoms with E-state index >= 15 is 0 Å². The van der Waals surface area contributed by atoms with Gasteiger partial charge in [-0.1, -0.05) is 60.8 Å². The van der Waals surface area contributed by atoms with Crippen LogP contribution in [0.4, 0.5) is 0 Å². The molecule has 9 heteroatoms. The van der Waals surface area contributed by atoms with Crippen molar-refractivity contribution in [1.29, 1.82) is 0 Å². The zero-order chi connectivity index (χ0) is 26.4. The van der Waals surface area contributed by atoms with Gasteiger partial charge < -0.3 is 21.3 Å². The van der Waals surface area contributed by atoms with E-state index in [2.05, 4.69) is 24.5 Å². The van der Waals surface area contributed by atoms with Crippen molar-refractivity contribution in [2.24, 2.45) is 35.3 Å². The molecule has 2 rings (SSSR count). The van der Waals surface area contributed by atoms with Crippen LogP contribution in [-0.4, -0.2) is 59.0 Å². The van der Waals surface area contributed by atoms with E-state index in [1.807, 2.05) is 13.8 Å². The SMILES string of the molecule is CC[C@@H](C)C(NC(=O)C(C)C)C(=O)N1CC[C@H](CC(C)C)[C@H]1C(=O)NC(CC1CC1)C(=O)C(N)=O. The summed E-state index contributed by atoms with van der Waals surface area (Å²) in [6.07, 6.45) is 4.37. The maximum absolute atomic E-state index is 13.8. The van der Waals surface area contributed by atoms with Crippen LogP contribution in [0.3, 0.4) is 0 Å². The Hall–Kier alpha value is -2.45. The van der Waals surface area contributed by atoms with Crippen molar-refractivity contribution in [2.75, 3.05) is 6.54 Å². The predicted molar refractivity (Wildman–Crippen MR) is 133 cm³/mol. The van der Waals surface area contributed by atoms with E-state index in [0.717, 1.165) is 19.3 Å². The van der Waals surface area contributed by atoms with Crippen LogP contribution in [0.15, 0.2) is 0 Å². The zero-order valence-electron chi connectivity index (χ0n) is 22.1. The Labute approximate surface area is 209 Å². The number of nitrogens with two attached hydrogens (primary N) is 1. The largest absolute Gasteiger partial charge is 0.363 e. The lowest BCUT2D eigenvalue weighted by Crippen LogP contribution is -2.58. The van der Waals surface area contributed by atoms with E-state index in [9.17, 15) is 24.0 Å². The van der Waals surface area contributed by atoms with Crippen molar-refractivity contribution in [3.63, 3.8) is 0 Å². The second kappa shape index (κ2) is 12.5. The summed E-state index contributed by atoms with van der Waals surface area (Å²) >= 11 is 0. The van der Waals surface area contributed by atoms with Crippen LogP contribution in [-0.2, 0) is 24.0 Å². The minimum atomic E-state index is -1.07. The number of nitrogens with zero attached hydrogens (tertiary/aromatic N) is 1. The second-order valence-electron chi connectivity index (χ2n) is 11.2. The van der Waals surface area contributed by atoms with Gasteiger partial charge in [-0.25, -0.2) is 0 Å². The summed E-state index contributed by atoms with van der Waals surface area (Å²) < 4.78 is 0. The molecule has 0 spiro atoms. The van der Waals surface area contributed by atoms with Gasteiger partial charge >= 0.3 is 0 Å². The fourth-order valence-corrected chi connectivity index (χ4v) is 4.84. The summed E-state index contributed by atoms with van der Waals surface area (Å²) in [5, 5.41) is 5.66. The highest BCUT2D eigenvalue weighted by Crippen LogP contribution is 2.35. The van der Waals surface area contributed by atoms with Crippen LogP contribution in [0, 0.1) is 29.6 Å². The van der Waals surface area contributed by atoms with E-state index in [4.69, 9.17) is 5.73 Å². The summed E-state index contributed by atoms with van der Waals surface area (Å²) in [4.78, 5) is 65.4. The fraction of sp³-hybridized carbons (Fsp3) is 0.808. The molecule has 1 aliphatic carbocycles. The zero-order valence-corrected chi connectivity index (χ0v) is 22.1. The number of rotatable bonds is 13. The van der Waals surface area contributed by atoms with Crippen LogP contribution in [0.1, 0.15) is 80.1 Å². The third kappa shape index (κ3) is 7.77. The summed E-state index contributed by atoms with van der Waals surface area (Å²) in [5.41, 5.74) is 5.25. The van der Waals surface area contributed by atoms with E-state index in [-0.39, 0.29) is 35.5 Å². The number of hydrogen-bond donors (Lipinski definition) is 3. The van der Waals surface area contributed by atoms with Crippen molar-refractivity contribution >= 4 is 29.4 Å². The monoisotopic (exact) mass is 492 g/mol. The number of nitrogens with one attached hydrogen (secondary N) is 2. The number of amides is 4. The molecule has 0 aromatic rings. The third-order valence-electron chi connectivity index (χ3n) is 7.29. The first kappa shape index (κ1) is 28.8. The van der Waals surface area contributed by atoms with Gasteiger partial charge in [0.2, 0.25) is 23.5 Å². The molecule has 0 radical (unpaired) electrons. The fourth-order valence-electron chi connectivity index (χ4n) is 4.84. The summed E-state index contributed by atoms with van der Waals surface area (Å²) in [5.74, 6) is -2.66. The van der Waals surface area contributed by atoms with Gasteiger partial charge in [-0.3, -0.25) is 24.0 Å². The Morgan fingerprint density at radius 1 is 0.943 bits per heavy atom. The lowest BCUT2D eigenvalue weighted by molar-refractivity contribution is -0.145. The summed E-state index contributed by atoms with van der Waals surface area (Å²) in [6.45, 7) is 11.9. The molecule has 1 heterocycles. The normalized spacial score (nSPS) is 22.6. The highest BCUT2D eigenvalue weighted by atomic mass is 16.2.